The maximum Gasteiger partial charge on any atom is 0.413 e. The lowest BCUT2D eigenvalue weighted by Gasteiger charge is -2.34. The highest BCUT2D eigenvalue weighted by molar-refractivity contribution is 9.11. The number of carbonyl (C=O) groups excluding carboxylic acids is 3. The van der Waals surface area contributed by atoms with Gasteiger partial charge in [-0.25, -0.2) is 19.6 Å². The molecule has 1 aliphatic heterocycles. The zero-order valence-corrected chi connectivity index (χ0v) is 22.9. The van der Waals surface area contributed by atoms with Crippen molar-refractivity contribution in [3.8, 4) is 0 Å². The van der Waals surface area contributed by atoms with Crippen molar-refractivity contribution in [2.24, 2.45) is 0 Å². The SMILES string of the molecule is COC(=O)c1coc(/C(NC(=O)c2nc([C@@H]3COC(C)(C)N3C(=O)OC(C)(C)C)oc2C)=C(/C)Br)n1. The quantitative estimate of drug-likeness (QED) is 0.517. The Kier molecular flexibility index (Phi) is 7.65. The molecule has 0 aliphatic carbocycles. The zero-order chi connectivity index (χ0) is 27.0. The molecule has 36 heavy (non-hydrogen) atoms. The summed E-state index contributed by atoms with van der Waals surface area (Å²) < 4.78 is 27.6. The van der Waals surface area contributed by atoms with Crippen molar-refractivity contribution in [1.82, 2.24) is 20.2 Å². The van der Waals surface area contributed by atoms with Gasteiger partial charge in [-0.2, -0.15) is 0 Å². The minimum Gasteiger partial charge on any atom is -0.464 e. The largest absolute Gasteiger partial charge is 0.464 e. The van der Waals surface area contributed by atoms with E-state index in [1.54, 1.807) is 48.5 Å². The van der Waals surface area contributed by atoms with Gasteiger partial charge in [-0.15, -0.1) is 0 Å². The van der Waals surface area contributed by atoms with Gasteiger partial charge in [0.15, 0.2) is 11.4 Å². The van der Waals surface area contributed by atoms with Crippen LogP contribution in [0.4, 0.5) is 4.79 Å². The Morgan fingerprint density at radius 1 is 1.25 bits per heavy atom. The number of nitrogens with zero attached hydrogens (tertiary/aromatic N) is 3. The van der Waals surface area contributed by atoms with Crippen LogP contribution in [0.2, 0.25) is 0 Å². The van der Waals surface area contributed by atoms with Crippen LogP contribution in [0, 0.1) is 6.92 Å². The molecule has 3 heterocycles. The van der Waals surface area contributed by atoms with Gasteiger partial charge in [0, 0.05) is 4.48 Å². The first kappa shape index (κ1) is 27.4. The summed E-state index contributed by atoms with van der Waals surface area (Å²) in [4.78, 5) is 47.6. The summed E-state index contributed by atoms with van der Waals surface area (Å²) in [5.74, 6) is -0.960. The number of rotatable bonds is 5. The summed E-state index contributed by atoms with van der Waals surface area (Å²) >= 11 is 3.31. The number of amides is 2. The third-order valence-electron chi connectivity index (χ3n) is 5.09. The molecule has 0 radical (unpaired) electrons. The zero-order valence-electron chi connectivity index (χ0n) is 21.3. The molecule has 196 valence electrons. The van der Waals surface area contributed by atoms with E-state index in [4.69, 9.17) is 18.3 Å². The highest BCUT2D eigenvalue weighted by atomic mass is 79.9. The van der Waals surface area contributed by atoms with Crippen LogP contribution in [0.5, 0.6) is 0 Å². The predicted molar refractivity (Wildman–Crippen MR) is 129 cm³/mol. The van der Waals surface area contributed by atoms with E-state index in [2.05, 4.69) is 36.0 Å². The Labute approximate surface area is 216 Å². The van der Waals surface area contributed by atoms with E-state index in [-0.39, 0.29) is 41.2 Å². The number of ether oxygens (including phenoxy) is 3. The minimum absolute atomic E-state index is 0.00941. The van der Waals surface area contributed by atoms with Gasteiger partial charge in [-0.1, -0.05) is 15.9 Å². The standard InChI is InChI=1S/C23H29BrN4O8/c1-11(24)15(19-25-13(9-33-19)20(30)32-8)26-17(29)16-12(2)35-18(27-16)14-10-34-23(6,7)28(14)21(31)36-22(3,4)5/h9,14H,10H2,1-8H3,(H,26,29)/b15-11+/t14-/m0/s1. The molecule has 1 fully saturated rings. The predicted octanol–water partition coefficient (Wildman–Crippen LogP) is 4.32. The number of hydrogen-bond acceptors (Lipinski definition) is 10. The van der Waals surface area contributed by atoms with E-state index in [9.17, 15) is 14.4 Å². The van der Waals surface area contributed by atoms with E-state index in [1.165, 1.54) is 12.0 Å². The highest BCUT2D eigenvalue weighted by Crippen LogP contribution is 2.38. The van der Waals surface area contributed by atoms with Gasteiger partial charge in [-0.05, 0) is 48.5 Å². The number of methoxy groups -OCH3 is 1. The third-order valence-corrected chi connectivity index (χ3v) is 5.48. The van der Waals surface area contributed by atoms with E-state index >= 15 is 0 Å². The van der Waals surface area contributed by atoms with Crippen LogP contribution in [0.3, 0.4) is 0 Å². The second-order valence-corrected chi connectivity index (χ2v) is 10.7. The van der Waals surface area contributed by atoms with Crippen molar-refractivity contribution >= 4 is 39.6 Å². The van der Waals surface area contributed by atoms with Crippen LogP contribution >= 0.6 is 15.9 Å². The fraction of sp³-hybridized carbons (Fsp3) is 0.522. The van der Waals surface area contributed by atoms with E-state index < -0.39 is 35.3 Å². The topological polar surface area (TPSA) is 146 Å². The molecule has 0 bridgehead atoms. The van der Waals surface area contributed by atoms with Gasteiger partial charge in [0.1, 0.15) is 35.1 Å². The van der Waals surface area contributed by atoms with E-state index in [1.807, 2.05) is 0 Å². The van der Waals surface area contributed by atoms with Gasteiger partial charge in [0.2, 0.25) is 11.8 Å². The Morgan fingerprint density at radius 3 is 2.50 bits per heavy atom. The number of hydrogen-bond donors (Lipinski definition) is 1. The Bertz CT molecular complexity index is 1200. The smallest absolute Gasteiger partial charge is 0.413 e. The Morgan fingerprint density at radius 2 is 1.92 bits per heavy atom. The second kappa shape index (κ2) is 10.1. The molecule has 1 N–H and O–H groups in total. The monoisotopic (exact) mass is 568 g/mol. The normalized spacial score (nSPS) is 18.0. The lowest BCUT2D eigenvalue weighted by molar-refractivity contribution is -0.0634. The van der Waals surface area contributed by atoms with Crippen molar-refractivity contribution in [1.29, 1.82) is 0 Å². The van der Waals surface area contributed by atoms with Crippen molar-refractivity contribution in [3.63, 3.8) is 0 Å². The minimum atomic E-state index is -0.983. The lowest BCUT2D eigenvalue weighted by Crippen LogP contribution is -2.47. The first-order chi connectivity index (χ1) is 16.6. The fourth-order valence-electron chi connectivity index (χ4n) is 3.46. The average Bonchev–Trinajstić information content (AvgIpc) is 3.46. The number of allylic oxidation sites excluding steroid dienone is 1. The van der Waals surface area contributed by atoms with Crippen LogP contribution < -0.4 is 5.32 Å². The number of carbonyl (C=O) groups is 3. The molecule has 0 unspecified atom stereocenters. The number of esters is 1. The molecule has 2 aromatic rings. The van der Waals surface area contributed by atoms with E-state index in [0.29, 0.717) is 4.48 Å². The molecule has 1 aliphatic rings. The van der Waals surface area contributed by atoms with E-state index in [0.717, 1.165) is 6.26 Å². The molecule has 12 nitrogen and oxygen atoms in total. The molecule has 1 atom stereocenters. The molecule has 2 amide bonds. The third kappa shape index (κ3) is 5.78. The summed E-state index contributed by atoms with van der Waals surface area (Å²) in [6.45, 7) is 12.1. The van der Waals surface area contributed by atoms with Gasteiger partial charge in [0.05, 0.1) is 13.7 Å². The van der Waals surface area contributed by atoms with Crippen molar-refractivity contribution in [2.45, 2.75) is 65.8 Å². The first-order valence-corrected chi connectivity index (χ1v) is 11.8. The molecule has 0 saturated carbocycles. The molecule has 3 rings (SSSR count). The van der Waals surface area contributed by atoms with Gasteiger partial charge >= 0.3 is 12.1 Å². The summed E-state index contributed by atoms with van der Waals surface area (Å²) in [5, 5.41) is 2.67. The Hall–Kier alpha value is -3.19. The van der Waals surface area contributed by atoms with Crippen LogP contribution in [0.1, 0.15) is 86.1 Å². The summed E-state index contributed by atoms with van der Waals surface area (Å²) in [7, 11) is 1.22. The number of halogens is 1. The van der Waals surface area contributed by atoms with Crippen molar-refractivity contribution in [3.05, 3.63) is 39.7 Å². The summed E-state index contributed by atoms with van der Waals surface area (Å²) in [5.41, 5.74) is -1.59. The Balaban J connectivity index is 1.87. The number of aryl methyl sites for hydroxylation is 1. The maximum absolute atomic E-state index is 13.1. The van der Waals surface area contributed by atoms with Crippen LogP contribution in [0.15, 0.2) is 19.6 Å². The molecule has 0 spiro atoms. The summed E-state index contributed by atoms with van der Waals surface area (Å²) in [6, 6.07) is -0.711. The summed E-state index contributed by atoms with van der Waals surface area (Å²) in [6.07, 6.45) is 0.526. The number of oxazole rings is 2. The average molecular weight is 569 g/mol. The molecular formula is C23H29BrN4O8. The first-order valence-electron chi connectivity index (χ1n) is 11.0. The molecular weight excluding hydrogens is 540 g/mol. The molecule has 13 heteroatoms. The second-order valence-electron chi connectivity index (χ2n) is 9.47. The van der Waals surface area contributed by atoms with Gasteiger partial charge < -0.3 is 28.4 Å². The highest BCUT2D eigenvalue weighted by Gasteiger charge is 2.48. The number of aromatic nitrogens is 2. The number of nitrogens with one attached hydrogen (secondary N) is 1. The van der Waals surface area contributed by atoms with Crippen LogP contribution in [-0.4, -0.2) is 57.9 Å². The molecule has 0 aromatic carbocycles. The molecule has 2 aromatic heterocycles. The fourth-order valence-corrected chi connectivity index (χ4v) is 3.73. The van der Waals surface area contributed by atoms with Gasteiger partial charge in [0.25, 0.3) is 5.91 Å². The van der Waals surface area contributed by atoms with Gasteiger partial charge in [-0.3, -0.25) is 9.69 Å². The lowest BCUT2D eigenvalue weighted by atomic mass is 10.2. The van der Waals surface area contributed by atoms with Crippen molar-refractivity contribution in [2.75, 3.05) is 13.7 Å². The maximum atomic E-state index is 13.1. The molecule has 1 saturated heterocycles. The van der Waals surface area contributed by atoms with Crippen LogP contribution in [0.25, 0.3) is 5.70 Å². The van der Waals surface area contributed by atoms with Crippen molar-refractivity contribution < 1.29 is 37.4 Å². The van der Waals surface area contributed by atoms with Crippen LogP contribution in [-0.2, 0) is 14.2 Å².